The second-order valence-corrected chi connectivity index (χ2v) is 3.97. The van der Waals surface area contributed by atoms with Crippen molar-refractivity contribution in [3.8, 4) is 0 Å². The molecule has 0 bridgehead atoms. The summed E-state index contributed by atoms with van der Waals surface area (Å²) in [5.41, 5.74) is 0. The molecule has 1 rings (SSSR count). The van der Waals surface area contributed by atoms with Crippen LogP contribution in [-0.2, 0) is 4.74 Å². The lowest BCUT2D eigenvalue weighted by Crippen LogP contribution is -1.92. The van der Waals surface area contributed by atoms with Crippen LogP contribution in [-0.4, -0.2) is 13.2 Å². The van der Waals surface area contributed by atoms with E-state index in [1.165, 1.54) is 12.1 Å². The van der Waals surface area contributed by atoms with Gasteiger partial charge in [0.2, 0.25) is 0 Å². The molecule has 1 aromatic carbocycles. The Morgan fingerprint density at radius 3 is 2.13 bits per heavy atom. The van der Waals surface area contributed by atoms with E-state index in [0.29, 0.717) is 0 Å². The van der Waals surface area contributed by atoms with Gasteiger partial charge in [0.1, 0.15) is 5.82 Å². The molecule has 0 N–H and O–H groups in total. The maximum atomic E-state index is 12.1. The van der Waals surface area contributed by atoms with Gasteiger partial charge < -0.3 is 4.74 Å². The van der Waals surface area contributed by atoms with E-state index in [2.05, 4.69) is 29.8 Å². The highest BCUT2D eigenvalue weighted by atomic mass is 79.9. The quantitative estimate of drug-likeness (QED) is 0.741. The van der Waals surface area contributed by atoms with Crippen LogP contribution in [0.15, 0.2) is 28.7 Å². The van der Waals surface area contributed by atoms with Crippen LogP contribution in [0.2, 0.25) is 0 Å². The normalized spacial score (nSPS) is 9.33. The highest BCUT2D eigenvalue weighted by Crippen LogP contribution is 2.09. The van der Waals surface area contributed by atoms with Crippen molar-refractivity contribution < 1.29 is 9.13 Å². The molecule has 0 radical (unpaired) electrons. The van der Waals surface area contributed by atoms with Crippen molar-refractivity contribution in [1.82, 2.24) is 0 Å². The molecule has 86 valence electrons. The van der Waals surface area contributed by atoms with E-state index in [9.17, 15) is 4.39 Å². The van der Waals surface area contributed by atoms with Crippen LogP contribution >= 0.6 is 15.9 Å². The Morgan fingerprint density at radius 1 is 1.20 bits per heavy atom. The number of hydrogen-bond acceptors (Lipinski definition) is 1. The van der Waals surface area contributed by atoms with Crippen molar-refractivity contribution in [1.29, 1.82) is 0 Å². The predicted molar refractivity (Wildman–Crippen MR) is 65.5 cm³/mol. The second-order valence-electron chi connectivity index (χ2n) is 3.05. The fraction of sp³-hybridized carbons (Fsp3) is 0.500. The van der Waals surface area contributed by atoms with E-state index in [4.69, 9.17) is 4.74 Å². The SMILES string of the molecule is CCCOCCC.Fc1cccc(Br)c1. The van der Waals surface area contributed by atoms with Crippen LogP contribution in [0.5, 0.6) is 0 Å². The van der Waals surface area contributed by atoms with E-state index in [0.717, 1.165) is 30.5 Å². The topological polar surface area (TPSA) is 9.23 Å². The Bertz CT molecular complexity index is 232. The monoisotopic (exact) mass is 276 g/mol. The van der Waals surface area contributed by atoms with E-state index in [-0.39, 0.29) is 5.82 Å². The molecule has 0 saturated heterocycles. The maximum absolute atomic E-state index is 12.1. The maximum Gasteiger partial charge on any atom is 0.124 e. The lowest BCUT2D eigenvalue weighted by Gasteiger charge is -1.95. The highest BCUT2D eigenvalue weighted by Gasteiger charge is 1.86. The molecular weight excluding hydrogens is 259 g/mol. The first-order valence-electron chi connectivity index (χ1n) is 5.19. The zero-order valence-electron chi connectivity index (χ0n) is 9.30. The summed E-state index contributed by atoms with van der Waals surface area (Å²) in [4.78, 5) is 0. The minimum atomic E-state index is -0.209. The second kappa shape index (κ2) is 10.1. The smallest absolute Gasteiger partial charge is 0.124 e. The molecule has 0 aliphatic heterocycles. The Balaban J connectivity index is 0.000000265. The van der Waals surface area contributed by atoms with Gasteiger partial charge in [0.05, 0.1) is 0 Å². The molecule has 0 saturated carbocycles. The molecule has 1 nitrogen and oxygen atoms in total. The minimum absolute atomic E-state index is 0.209. The Hall–Kier alpha value is -0.410. The van der Waals surface area contributed by atoms with Crippen LogP contribution in [0.3, 0.4) is 0 Å². The highest BCUT2D eigenvalue weighted by molar-refractivity contribution is 9.10. The number of benzene rings is 1. The first kappa shape index (κ1) is 14.6. The number of halogens is 2. The fourth-order valence-corrected chi connectivity index (χ4v) is 1.22. The zero-order valence-corrected chi connectivity index (χ0v) is 10.9. The molecule has 0 aliphatic carbocycles. The third kappa shape index (κ3) is 9.88. The largest absolute Gasteiger partial charge is 0.381 e. The summed E-state index contributed by atoms with van der Waals surface area (Å²) in [7, 11) is 0. The number of hydrogen-bond donors (Lipinski definition) is 0. The molecule has 3 heteroatoms. The van der Waals surface area contributed by atoms with Crippen molar-refractivity contribution in [2.45, 2.75) is 26.7 Å². The van der Waals surface area contributed by atoms with Crippen LogP contribution in [0, 0.1) is 5.82 Å². The standard InChI is InChI=1S/C6H4BrF.C6H14O/c7-5-2-1-3-6(8)4-5;1-3-5-7-6-4-2/h1-4H;3-6H2,1-2H3. The van der Waals surface area contributed by atoms with Gasteiger partial charge in [-0.15, -0.1) is 0 Å². The van der Waals surface area contributed by atoms with Gasteiger partial charge in [-0.1, -0.05) is 35.8 Å². The Morgan fingerprint density at radius 2 is 1.80 bits per heavy atom. The first-order valence-corrected chi connectivity index (χ1v) is 5.98. The fourth-order valence-electron chi connectivity index (χ4n) is 0.851. The molecule has 0 amide bonds. The van der Waals surface area contributed by atoms with Gasteiger partial charge >= 0.3 is 0 Å². The van der Waals surface area contributed by atoms with E-state index in [1.807, 2.05) is 0 Å². The lowest BCUT2D eigenvalue weighted by atomic mass is 10.4. The van der Waals surface area contributed by atoms with Crippen molar-refractivity contribution in [2.24, 2.45) is 0 Å². The van der Waals surface area contributed by atoms with Gasteiger partial charge in [-0.2, -0.15) is 0 Å². The molecule has 0 fully saturated rings. The Kier molecular flexibility index (Phi) is 9.84. The van der Waals surface area contributed by atoms with Crippen molar-refractivity contribution in [3.05, 3.63) is 34.6 Å². The molecule has 0 aliphatic rings. The molecular formula is C12H18BrFO. The summed E-state index contributed by atoms with van der Waals surface area (Å²) in [5, 5.41) is 0. The zero-order chi connectivity index (χ0) is 11.5. The van der Waals surface area contributed by atoms with Crippen molar-refractivity contribution in [3.63, 3.8) is 0 Å². The van der Waals surface area contributed by atoms with Gasteiger partial charge in [-0.05, 0) is 31.0 Å². The molecule has 0 spiro atoms. The molecule has 0 atom stereocenters. The average molecular weight is 277 g/mol. The van der Waals surface area contributed by atoms with E-state index in [1.54, 1.807) is 12.1 Å². The van der Waals surface area contributed by atoms with Crippen LogP contribution in [0.25, 0.3) is 0 Å². The van der Waals surface area contributed by atoms with Crippen LogP contribution in [0.1, 0.15) is 26.7 Å². The lowest BCUT2D eigenvalue weighted by molar-refractivity contribution is 0.135. The van der Waals surface area contributed by atoms with Crippen molar-refractivity contribution in [2.75, 3.05) is 13.2 Å². The van der Waals surface area contributed by atoms with Crippen LogP contribution in [0.4, 0.5) is 4.39 Å². The summed E-state index contributed by atoms with van der Waals surface area (Å²) >= 11 is 3.12. The third-order valence-electron chi connectivity index (χ3n) is 1.48. The molecule has 0 heterocycles. The van der Waals surface area contributed by atoms with Gasteiger partial charge in [0.25, 0.3) is 0 Å². The van der Waals surface area contributed by atoms with Gasteiger partial charge in [0, 0.05) is 17.7 Å². The van der Waals surface area contributed by atoms with E-state index < -0.39 is 0 Å². The van der Waals surface area contributed by atoms with Crippen LogP contribution < -0.4 is 0 Å². The Labute approximate surface area is 99.8 Å². The third-order valence-corrected chi connectivity index (χ3v) is 1.98. The molecule has 0 unspecified atom stereocenters. The summed E-state index contributed by atoms with van der Waals surface area (Å²) in [6.07, 6.45) is 2.28. The summed E-state index contributed by atoms with van der Waals surface area (Å²) in [5.74, 6) is -0.209. The molecule has 1 aromatic rings. The predicted octanol–water partition coefficient (Wildman–Crippen LogP) is 4.41. The summed E-state index contributed by atoms with van der Waals surface area (Å²) in [6.45, 7) is 6.09. The first-order chi connectivity index (χ1) is 7.20. The van der Waals surface area contributed by atoms with Crippen molar-refractivity contribution >= 4 is 15.9 Å². The van der Waals surface area contributed by atoms with Gasteiger partial charge in [-0.3, -0.25) is 0 Å². The summed E-state index contributed by atoms with van der Waals surface area (Å²) < 4.78 is 18.0. The molecule has 0 aromatic heterocycles. The molecule has 15 heavy (non-hydrogen) atoms. The van der Waals surface area contributed by atoms with Gasteiger partial charge in [0.15, 0.2) is 0 Å². The number of ether oxygens (including phenoxy) is 1. The average Bonchev–Trinajstić information content (AvgIpc) is 2.19. The van der Waals surface area contributed by atoms with E-state index >= 15 is 0 Å². The summed E-state index contributed by atoms with van der Waals surface area (Å²) in [6, 6.07) is 6.26. The number of rotatable bonds is 4. The minimum Gasteiger partial charge on any atom is -0.381 e. The van der Waals surface area contributed by atoms with Gasteiger partial charge in [-0.25, -0.2) is 4.39 Å².